The second kappa shape index (κ2) is 7.74. The molecule has 0 bridgehead atoms. The Hall–Kier alpha value is -0.610. The van der Waals surface area contributed by atoms with Crippen LogP contribution in [0.4, 0.5) is 5.13 Å². The summed E-state index contributed by atoms with van der Waals surface area (Å²) in [6.45, 7) is 9.90. The van der Waals surface area contributed by atoms with Crippen molar-refractivity contribution in [2.24, 2.45) is 0 Å². The molecule has 0 saturated carbocycles. The van der Waals surface area contributed by atoms with Gasteiger partial charge in [-0.1, -0.05) is 38.0 Å². The molecule has 0 aliphatic heterocycles. The number of hydrogen-bond donors (Lipinski definition) is 1. The van der Waals surface area contributed by atoms with Crippen molar-refractivity contribution < 1.29 is 5.11 Å². The number of nitrogens with zero attached hydrogens (tertiary/aromatic N) is 2. The molecule has 0 radical (unpaired) electrons. The topological polar surface area (TPSA) is 36.4 Å². The van der Waals surface area contributed by atoms with Crippen molar-refractivity contribution in [2.45, 2.75) is 66.0 Å². The number of unbranched alkanes of at least 4 members (excludes halogenated alkanes) is 2. The summed E-state index contributed by atoms with van der Waals surface area (Å²) in [7, 11) is 0. The summed E-state index contributed by atoms with van der Waals surface area (Å²) in [4.78, 5) is 8.07. The summed E-state index contributed by atoms with van der Waals surface area (Å²) in [6.07, 6.45) is 4.62. The number of anilines is 1. The largest absolute Gasteiger partial charge is 0.391 e. The molecule has 0 aromatic carbocycles. The van der Waals surface area contributed by atoms with E-state index in [4.69, 9.17) is 0 Å². The van der Waals surface area contributed by atoms with Gasteiger partial charge >= 0.3 is 0 Å². The number of aromatic nitrogens is 1. The minimum absolute atomic E-state index is 0.113. The number of thiazole rings is 1. The van der Waals surface area contributed by atoms with Gasteiger partial charge in [-0.2, -0.15) is 0 Å². The van der Waals surface area contributed by atoms with Crippen LogP contribution in [-0.2, 0) is 13.0 Å². The summed E-state index contributed by atoms with van der Waals surface area (Å²) in [5.41, 5.74) is 1.05. The second-order valence-corrected chi connectivity index (χ2v) is 5.93. The van der Waals surface area contributed by atoms with Gasteiger partial charge in [0, 0.05) is 12.6 Å². The Morgan fingerprint density at radius 2 is 2.00 bits per heavy atom. The Labute approximate surface area is 115 Å². The smallest absolute Gasteiger partial charge is 0.186 e. The molecular weight excluding hydrogens is 244 g/mol. The first-order valence-electron chi connectivity index (χ1n) is 7.00. The van der Waals surface area contributed by atoms with Gasteiger partial charge in [-0.3, -0.25) is 0 Å². The first-order valence-corrected chi connectivity index (χ1v) is 7.81. The third kappa shape index (κ3) is 3.95. The zero-order valence-electron chi connectivity index (χ0n) is 12.1. The lowest BCUT2D eigenvalue weighted by Gasteiger charge is -2.26. The van der Waals surface area contributed by atoms with E-state index in [1.807, 2.05) is 0 Å². The Balaban J connectivity index is 2.81. The summed E-state index contributed by atoms with van der Waals surface area (Å²) in [6, 6.07) is 0.462. The number of rotatable bonds is 8. The average Bonchev–Trinajstić information content (AvgIpc) is 2.77. The number of aliphatic hydroxyl groups excluding tert-OH is 1. The van der Waals surface area contributed by atoms with Crippen LogP contribution in [0.15, 0.2) is 0 Å². The van der Waals surface area contributed by atoms with Crippen molar-refractivity contribution in [3.8, 4) is 0 Å². The molecule has 18 heavy (non-hydrogen) atoms. The van der Waals surface area contributed by atoms with E-state index in [1.54, 1.807) is 11.3 Å². The van der Waals surface area contributed by atoms with E-state index >= 15 is 0 Å². The van der Waals surface area contributed by atoms with Crippen molar-refractivity contribution in [3.63, 3.8) is 0 Å². The van der Waals surface area contributed by atoms with Crippen LogP contribution < -0.4 is 4.90 Å². The SMILES string of the molecule is CCCCCN(c1nc(CC)c(CO)s1)C(C)C. The highest BCUT2D eigenvalue weighted by molar-refractivity contribution is 7.15. The molecule has 1 aromatic heterocycles. The summed E-state index contributed by atoms with van der Waals surface area (Å²) < 4.78 is 0. The molecule has 0 fully saturated rings. The quantitative estimate of drug-likeness (QED) is 0.733. The number of aryl methyl sites for hydroxylation is 1. The maximum absolute atomic E-state index is 9.35. The van der Waals surface area contributed by atoms with E-state index in [0.717, 1.165) is 28.7 Å². The Bertz CT molecular complexity index is 328. The van der Waals surface area contributed by atoms with E-state index in [9.17, 15) is 5.11 Å². The van der Waals surface area contributed by atoms with Crippen LogP contribution in [-0.4, -0.2) is 22.7 Å². The zero-order valence-corrected chi connectivity index (χ0v) is 12.9. The fourth-order valence-corrected chi connectivity index (χ4v) is 3.17. The van der Waals surface area contributed by atoms with Crippen LogP contribution in [0.1, 0.15) is 57.5 Å². The molecule has 0 unspecified atom stereocenters. The Morgan fingerprint density at radius 3 is 2.44 bits per heavy atom. The van der Waals surface area contributed by atoms with Gasteiger partial charge in [0.2, 0.25) is 0 Å². The first kappa shape index (κ1) is 15.4. The average molecular weight is 270 g/mol. The standard InChI is InChI=1S/C14H26N2OS/c1-5-7-8-9-16(11(3)4)14-15-12(6-2)13(10-17)18-14/h11,17H,5-10H2,1-4H3. The summed E-state index contributed by atoms with van der Waals surface area (Å²) in [5, 5.41) is 10.4. The predicted octanol–water partition coefficient (Wildman–Crippen LogP) is 3.60. The number of hydrogen-bond acceptors (Lipinski definition) is 4. The monoisotopic (exact) mass is 270 g/mol. The van der Waals surface area contributed by atoms with Gasteiger partial charge in [0.05, 0.1) is 17.2 Å². The third-order valence-electron chi connectivity index (χ3n) is 3.12. The van der Waals surface area contributed by atoms with Gasteiger partial charge in [0.1, 0.15) is 0 Å². The van der Waals surface area contributed by atoms with E-state index < -0.39 is 0 Å². The van der Waals surface area contributed by atoms with E-state index in [0.29, 0.717) is 6.04 Å². The Morgan fingerprint density at radius 1 is 1.28 bits per heavy atom. The first-order chi connectivity index (χ1) is 8.63. The van der Waals surface area contributed by atoms with Crippen molar-refractivity contribution in [1.82, 2.24) is 4.98 Å². The Kier molecular flexibility index (Phi) is 6.65. The van der Waals surface area contributed by atoms with Gasteiger partial charge in [0.25, 0.3) is 0 Å². The fraction of sp³-hybridized carbons (Fsp3) is 0.786. The second-order valence-electron chi connectivity index (χ2n) is 4.87. The molecule has 1 N–H and O–H groups in total. The molecule has 0 saturated heterocycles. The number of aliphatic hydroxyl groups is 1. The van der Waals surface area contributed by atoms with E-state index in [-0.39, 0.29) is 6.61 Å². The van der Waals surface area contributed by atoms with E-state index in [2.05, 4.69) is 37.6 Å². The van der Waals surface area contributed by atoms with Crippen LogP contribution in [0, 0.1) is 0 Å². The molecule has 1 heterocycles. The zero-order chi connectivity index (χ0) is 13.5. The molecule has 1 rings (SSSR count). The van der Waals surface area contributed by atoms with Crippen molar-refractivity contribution in [2.75, 3.05) is 11.4 Å². The van der Waals surface area contributed by atoms with Gasteiger partial charge in [-0.05, 0) is 26.7 Å². The maximum atomic E-state index is 9.35. The van der Waals surface area contributed by atoms with Crippen molar-refractivity contribution >= 4 is 16.5 Å². The molecule has 0 atom stereocenters. The lowest BCUT2D eigenvalue weighted by atomic mass is 10.2. The highest BCUT2D eigenvalue weighted by Crippen LogP contribution is 2.28. The van der Waals surface area contributed by atoms with Crippen LogP contribution in [0.25, 0.3) is 0 Å². The van der Waals surface area contributed by atoms with E-state index in [1.165, 1.54) is 19.3 Å². The molecule has 4 heteroatoms. The summed E-state index contributed by atoms with van der Waals surface area (Å²) >= 11 is 1.64. The third-order valence-corrected chi connectivity index (χ3v) is 4.24. The van der Waals surface area contributed by atoms with Gasteiger partial charge in [-0.25, -0.2) is 4.98 Å². The summed E-state index contributed by atoms with van der Waals surface area (Å²) in [5.74, 6) is 0. The van der Waals surface area contributed by atoms with Crippen LogP contribution in [0.2, 0.25) is 0 Å². The fourth-order valence-electron chi connectivity index (χ4n) is 2.00. The molecule has 0 aliphatic rings. The molecule has 0 spiro atoms. The molecule has 0 aliphatic carbocycles. The van der Waals surface area contributed by atoms with Gasteiger partial charge in [-0.15, -0.1) is 0 Å². The highest BCUT2D eigenvalue weighted by atomic mass is 32.1. The van der Waals surface area contributed by atoms with Crippen molar-refractivity contribution in [1.29, 1.82) is 0 Å². The molecule has 1 aromatic rings. The maximum Gasteiger partial charge on any atom is 0.186 e. The van der Waals surface area contributed by atoms with Crippen molar-refractivity contribution in [3.05, 3.63) is 10.6 Å². The molecular formula is C14H26N2OS. The van der Waals surface area contributed by atoms with Crippen LogP contribution >= 0.6 is 11.3 Å². The van der Waals surface area contributed by atoms with Gasteiger partial charge in [0.15, 0.2) is 5.13 Å². The highest BCUT2D eigenvalue weighted by Gasteiger charge is 2.17. The lowest BCUT2D eigenvalue weighted by Crippen LogP contribution is -2.31. The minimum atomic E-state index is 0.113. The molecule has 0 amide bonds. The lowest BCUT2D eigenvalue weighted by molar-refractivity contribution is 0.284. The van der Waals surface area contributed by atoms with Crippen LogP contribution in [0.5, 0.6) is 0 Å². The predicted molar refractivity (Wildman–Crippen MR) is 79.4 cm³/mol. The molecule has 104 valence electrons. The minimum Gasteiger partial charge on any atom is -0.391 e. The normalized spacial score (nSPS) is 11.2. The molecule has 3 nitrogen and oxygen atoms in total. The van der Waals surface area contributed by atoms with Gasteiger partial charge < -0.3 is 10.0 Å². The van der Waals surface area contributed by atoms with Crippen LogP contribution in [0.3, 0.4) is 0 Å².